The van der Waals surface area contributed by atoms with E-state index in [1.807, 2.05) is 43.3 Å². The summed E-state index contributed by atoms with van der Waals surface area (Å²) in [5, 5.41) is 5.49. The topological polar surface area (TPSA) is 69.7 Å². The number of carbonyl (C=O) groups is 3. The zero-order valence-corrected chi connectivity index (χ0v) is 21.2. The maximum atomic E-state index is 13.4. The lowest BCUT2D eigenvalue weighted by molar-refractivity contribution is -0.141. The Morgan fingerprint density at radius 2 is 1.69 bits per heavy atom. The van der Waals surface area contributed by atoms with E-state index in [0.29, 0.717) is 40.6 Å². The van der Waals surface area contributed by atoms with Gasteiger partial charge in [0.15, 0.2) is 0 Å². The Kier molecular flexibility index (Phi) is 7.63. The molecule has 4 rings (SSSR count). The van der Waals surface area contributed by atoms with Crippen LogP contribution in [0.5, 0.6) is 0 Å². The predicted molar refractivity (Wildman–Crippen MR) is 140 cm³/mol. The van der Waals surface area contributed by atoms with Crippen molar-refractivity contribution in [1.29, 1.82) is 0 Å². The van der Waals surface area contributed by atoms with Crippen molar-refractivity contribution in [3.8, 4) is 0 Å². The first kappa shape index (κ1) is 25.0. The summed E-state index contributed by atoms with van der Waals surface area (Å²) in [5.41, 5.74) is 2.15. The van der Waals surface area contributed by atoms with Gasteiger partial charge >= 0.3 is 0 Å². The zero-order chi connectivity index (χ0) is 25.1. The highest BCUT2D eigenvalue weighted by atomic mass is 35.5. The molecule has 3 aromatic rings. The van der Waals surface area contributed by atoms with E-state index in [2.05, 4.69) is 5.32 Å². The van der Waals surface area contributed by atoms with Crippen LogP contribution in [-0.4, -0.2) is 42.3 Å². The number of benzene rings is 3. The Morgan fingerprint density at radius 1 is 1.03 bits per heavy atom. The third-order valence-electron chi connectivity index (χ3n) is 6.44. The molecule has 0 aliphatic carbocycles. The lowest BCUT2D eigenvalue weighted by Crippen LogP contribution is -2.48. The maximum Gasteiger partial charge on any atom is 0.258 e. The minimum Gasteiger partial charge on any atom is -0.357 e. The third-order valence-corrected chi connectivity index (χ3v) is 7.15. The van der Waals surface area contributed by atoms with Gasteiger partial charge in [0.25, 0.3) is 5.91 Å². The summed E-state index contributed by atoms with van der Waals surface area (Å²) in [5.74, 6) is -0.500. The number of likely N-dealkylation sites (N-methyl/N-ethyl adjacent to an activating group) is 1. The second-order valence-corrected chi connectivity index (χ2v) is 9.32. The number of halogens is 2. The molecule has 1 aliphatic heterocycles. The molecule has 0 aromatic heterocycles. The fraction of sp³-hybridized carbons (Fsp3) is 0.296. The highest BCUT2D eigenvalue weighted by molar-refractivity contribution is 6.36. The number of anilines is 1. The van der Waals surface area contributed by atoms with Crippen molar-refractivity contribution >= 4 is 57.4 Å². The van der Waals surface area contributed by atoms with Crippen molar-refractivity contribution in [1.82, 2.24) is 10.2 Å². The second-order valence-electron chi connectivity index (χ2n) is 8.50. The van der Waals surface area contributed by atoms with Gasteiger partial charge in [-0.25, -0.2) is 0 Å². The Bertz CT molecular complexity index is 1270. The van der Waals surface area contributed by atoms with E-state index in [4.69, 9.17) is 23.2 Å². The third kappa shape index (κ3) is 4.86. The molecule has 35 heavy (non-hydrogen) atoms. The predicted octanol–water partition coefficient (Wildman–Crippen LogP) is 5.44. The van der Waals surface area contributed by atoms with Crippen LogP contribution < -0.4 is 10.2 Å². The average Bonchev–Trinajstić information content (AvgIpc) is 3.13. The number of nitrogens with zero attached hydrogens (tertiary/aromatic N) is 2. The van der Waals surface area contributed by atoms with E-state index in [1.54, 1.807) is 30.1 Å². The number of carbonyl (C=O) groups excluding carboxylic acids is 3. The van der Waals surface area contributed by atoms with Crippen LogP contribution in [0.1, 0.15) is 42.1 Å². The smallest absolute Gasteiger partial charge is 0.258 e. The van der Waals surface area contributed by atoms with Crippen LogP contribution in [0.2, 0.25) is 10.0 Å². The fourth-order valence-electron chi connectivity index (χ4n) is 4.67. The van der Waals surface area contributed by atoms with Crippen LogP contribution in [0.4, 0.5) is 5.69 Å². The minimum atomic E-state index is -0.661. The van der Waals surface area contributed by atoms with Gasteiger partial charge in [0.2, 0.25) is 11.8 Å². The van der Waals surface area contributed by atoms with E-state index in [1.165, 1.54) is 4.90 Å². The molecule has 0 spiro atoms. The molecule has 0 saturated carbocycles. The van der Waals surface area contributed by atoms with E-state index in [9.17, 15) is 14.4 Å². The van der Waals surface area contributed by atoms with Gasteiger partial charge in [0, 0.05) is 53.1 Å². The van der Waals surface area contributed by atoms with Crippen LogP contribution >= 0.6 is 23.2 Å². The summed E-state index contributed by atoms with van der Waals surface area (Å²) in [6.45, 7) is 2.38. The van der Waals surface area contributed by atoms with Crippen LogP contribution in [0.15, 0.2) is 54.6 Å². The SMILES string of the molecule is CCC(C(=O)NC)N(Cc1c(Cl)cccc1Cl)C(=O)CCCN1C(=O)c2cccc3cccc1c23. The molecule has 0 saturated heterocycles. The summed E-state index contributed by atoms with van der Waals surface area (Å²) >= 11 is 12.7. The molecule has 6 nitrogen and oxygen atoms in total. The number of amides is 3. The molecule has 1 aliphatic rings. The summed E-state index contributed by atoms with van der Waals surface area (Å²) in [6, 6.07) is 16.1. The first-order chi connectivity index (χ1) is 16.9. The van der Waals surface area contributed by atoms with Crippen molar-refractivity contribution in [3.05, 3.63) is 75.8 Å². The molecular weight excluding hydrogens is 485 g/mol. The normalized spacial score (nSPS) is 13.3. The molecule has 8 heteroatoms. The van der Waals surface area contributed by atoms with E-state index in [-0.39, 0.29) is 30.7 Å². The Hall–Kier alpha value is -3.09. The van der Waals surface area contributed by atoms with Gasteiger partial charge < -0.3 is 15.1 Å². The number of rotatable bonds is 9. The van der Waals surface area contributed by atoms with Crippen LogP contribution in [-0.2, 0) is 16.1 Å². The van der Waals surface area contributed by atoms with Gasteiger partial charge in [-0.2, -0.15) is 0 Å². The molecule has 182 valence electrons. The van der Waals surface area contributed by atoms with Crippen LogP contribution in [0, 0.1) is 0 Å². The Morgan fingerprint density at radius 3 is 2.34 bits per heavy atom. The maximum absolute atomic E-state index is 13.4. The zero-order valence-electron chi connectivity index (χ0n) is 19.7. The van der Waals surface area contributed by atoms with E-state index in [0.717, 1.165) is 16.5 Å². The first-order valence-corrected chi connectivity index (χ1v) is 12.4. The van der Waals surface area contributed by atoms with Crippen LogP contribution in [0.3, 0.4) is 0 Å². The van der Waals surface area contributed by atoms with Crippen molar-refractivity contribution in [2.75, 3.05) is 18.5 Å². The van der Waals surface area contributed by atoms with Crippen molar-refractivity contribution < 1.29 is 14.4 Å². The molecule has 3 amide bonds. The molecular formula is C27H27Cl2N3O3. The van der Waals surface area contributed by atoms with E-state index < -0.39 is 6.04 Å². The molecule has 1 heterocycles. The highest BCUT2D eigenvalue weighted by Gasteiger charge is 2.31. The van der Waals surface area contributed by atoms with Gasteiger partial charge in [-0.1, -0.05) is 60.5 Å². The lowest BCUT2D eigenvalue weighted by atomic mass is 10.1. The van der Waals surface area contributed by atoms with Crippen LogP contribution in [0.25, 0.3) is 10.8 Å². The molecule has 0 fully saturated rings. The van der Waals surface area contributed by atoms with Gasteiger partial charge in [-0.05, 0) is 42.5 Å². The summed E-state index contributed by atoms with van der Waals surface area (Å²) < 4.78 is 0. The molecule has 1 atom stereocenters. The molecule has 0 radical (unpaired) electrons. The quantitative estimate of drug-likeness (QED) is 0.415. The number of nitrogens with one attached hydrogen (secondary N) is 1. The largest absolute Gasteiger partial charge is 0.357 e. The number of hydrogen-bond donors (Lipinski definition) is 1. The highest BCUT2D eigenvalue weighted by Crippen LogP contribution is 2.37. The molecule has 0 bridgehead atoms. The summed E-state index contributed by atoms with van der Waals surface area (Å²) in [7, 11) is 1.55. The molecule has 1 unspecified atom stereocenters. The van der Waals surface area contributed by atoms with Crippen molar-refractivity contribution in [2.45, 2.75) is 38.8 Å². The molecule has 1 N–H and O–H groups in total. The van der Waals surface area contributed by atoms with Gasteiger partial charge in [0.1, 0.15) is 6.04 Å². The fourth-order valence-corrected chi connectivity index (χ4v) is 5.19. The van der Waals surface area contributed by atoms with Crippen molar-refractivity contribution in [2.24, 2.45) is 0 Å². The second kappa shape index (κ2) is 10.7. The van der Waals surface area contributed by atoms with E-state index >= 15 is 0 Å². The summed E-state index contributed by atoms with van der Waals surface area (Å²) in [4.78, 5) is 42.3. The first-order valence-electron chi connectivity index (χ1n) is 11.6. The minimum absolute atomic E-state index is 0.0549. The summed E-state index contributed by atoms with van der Waals surface area (Å²) in [6.07, 6.45) is 1.06. The van der Waals surface area contributed by atoms with Crippen molar-refractivity contribution in [3.63, 3.8) is 0 Å². The standard InChI is InChI=1S/C27H27Cl2N3O3/c1-3-22(26(34)30-2)32(16-19-20(28)11-6-12-21(19)29)24(33)14-7-15-31-23-13-5-9-17-8-4-10-18(25(17)23)27(31)35/h4-6,8-13,22H,3,7,14-16H2,1-2H3,(H,30,34). The molecule has 3 aromatic carbocycles. The lowest BCUT2D eigenvalue weighted by Gasteiger charge is -2.31. The van der Waals surface area contributed by atoms with Gasteiger partial charge in [-0.3, -0.25) is 14.4 Å². The Balaban J connectivity index is 1.51. The van der Waals surface area contributed by atoms with Gasteiger partial charge in [-0.15, -0.1) is 0 Å². The Labute approximate surface area is 214 Å². The average molecular weight is 512 g/mol. The number of hydrogen-bond acceptors (Lipinski definition) is 3. The monoisotopic (exact) mass is 511 g/mol. The van der Waals surface area contributed by atoms with Gasteiger partial charge in [0.05, 0.1) is 5.69 Å².